The molecule has 2 unspecified atom stereocenters. The van der Waals surface area contributed by atoms with Crippen LogP contribution in [0.1, 0.15) is 62.4 Å². The third-order valence-electron chi connectivity index (χ3n) is 7.93. The highest BCUT2D eigenvalue weighted by atomic mass is 19.1. The van der Waals surface area contributed by atoms with Gasteiger partial charge in [0.15, 0.2) is 0 Å². The Hall–Kier alpha value is -3.25. The fraction of sp³-hybridized carbons (Fsp3) is 0.441. The van der Waals surface area contributed by atoms with Gasteiger partial charge in [0.1, 0.15) is 11.6 Å². The first-order chi connectivity index (χ1) is 19.4. The largest absolute Gasteiger partial charge is 0.339 e. The standard InChI is InChI=1S/C34H43F2N3O/c1-4-21-38(22-5-2)34(40)28-12-16-30(17-13-28)39(31-18-14-29(35)15-19-31)33-20-24-37(25-26(33)3)23-8-10-27-9-6-7-11-32(27)36/h6-7,9,11-19,26,33H,4-5,8,10,20-25H2,1-3H3. The Balaban J connectivity index is 1.47. The molecule has 1 fully saturated rings. The molecule has 3 aromatic carbocycles. The van der Waals surface area contributed by atoms with E-state index in [0.29, 0.717) is 11.5 Å². The summed E-state index contributed by atoms with van der Waals surface area (Å²) in [5, 5.41) is 0. The van der Waals surface area contributed by atoms with E-state index in [4.69, 9.17) is 0 Å². The number of rotatable bonds is 12. The molecule has 4 rings (SSSR count). The molecule has 1 aliphatic rings. The Labute approximate surface area is 238 Å². The lowest BCUT2D eigenvalue weighted by atomic mass is 9.91. The number of hydrogen-bond donors (Lipinski definition) is 0. The molecule has 6 heteroatoms. The predicted molar refractivity (Wildman–Crippen MR) is 160 cm³/mol. The van der Waals surface area contributed by atoms with Crippen molar-refractivity contribution >= 4 is 17.3 Å². The zero-order valence-electron chi connectivity index (χ0n) is 24.2. The predicted octanol–water partition coefficient (Wildman–Crippen LogP) is 7.71. The Kier molecular flexibility index (Phi) is 10.7. The van der Waals surface area contributed by atoms with Crippen molar-refractivity contribution in [3.8, 4) is 0 Å². The summed E-state index contributed by atoms with van der Waals surface area (Å²) in [5.74, 6) is 0.0498. The van der Waals surface area contributed by atoms with Crippen LogP contribution in [-0.4, -0.2) is 54.5 Å². The molecule has 2 atom stereocenters. The number of nitrogens with zero attached hydrogens (tertiary/aromatic N) is 3. The fourth-order valence-corrected chi connectivity index (χ4v) is 5.94. The van der Waals surface area contributed by atoms with E-state index in [1.54, 1.807) is 6.07 Å². The second-order valence-electron chi connectivity index (χ2n) is 11.0. The van der Waals surface area contributed by atoms with Crippen LogP contribution in [-0.2, 0) is 6.42 Å². The fourth-order valence-electron chi connectivity index (χ4n) is 5.94. The Morgan fingerprint density at radius 1 is 0.900 bits per heavy atom. The molecule has 0 bridgehead atoms. The first kappa shape index (κ1) is 29.7. The normalized spacial score (nSPS) is 17.5. The number of likely N-dealkylation sites (tertiary alicyclic amines) is 1. The molecule has 1 aliphatic heterocycles. The van der Waals surface area contributed by atoms with Crippen LogP contribution in [0.5, 0.6) is 0 Å². The second kappa shape index (κ2) is 14.4. The van der Waals surface area contributed by atoms with E-state index in [1.165, 1.54) is 18.2 Å². The third-order valence-corrected chi connectivity index (χ3v) is 7.93. The molecule has 1 heterocycles. The van der Waals surface area contributed by atoms with Crippen LogP contribution >= 0.6 is 0 Å². The first-order valence-electron chi connectivity index (χ1n) is 14.8. The monoisotopic (exact) mass is 547 g/mol. The maximum absolute atomic E-state index is 14.0. The summed E-state index contributed by atoms with van der Waals surface area (Å²) in [6.45, 7) is 10.8. The lowest BCUT2D eigenvalue weighted by Crippen LogP contribution is -2.49. The van der Waals surface area contributed by atoms with Gasteiger partial charge in [0.2, 0.25) is 0 Å². The molecule has 4 nitrogen and oxygen atoms in total. The summed E-state index contributed by atoms with van der Waals surface area (Å²) < 4.78 is 27.9. The maximum Gasteiger partial charge on any atom is 0.253 e. The van der Waals surface area contributed by atoms with Crippen LogP contribution in [0.2, 0.25) is 0 Å². The van der Waals surface area contributed by atoms with Crippen molar-refractivity contribution in [3.05, 3.63) is 95.6 Å². The van der Waals surface area contributed by atoms with Gasteiger partial charge < -0.3 is 14.7 Å². The number of hydrogen-bond acceptors (Lipinski definition) is 3. The summed E-state index contributed by atoms with van der Waals surface area (Å²) in [6, 6.07) is 21.9. The molecule has 0 radical (unpaired) electrons. The lowest BCUT2D eigenvalue weighted by molar-refractivity contribution is 0.0755. The van der Waals surface area contributed by atoms with Gasteiger partial charge in [0, 0.05) is 49.2 Å². The van der Waals surface area contributed by atoms with E-state index in [1.807, 2.05) is 53.4 Å². The van der Waals surface area contributed by atoms with Crippen LogP contribution in [0.3, 0.4) is 0 Å². The minimum Gasteiger partial charge on any atom is -0.339 e. The van der Waals surface area contributed by atoms with Crippen molar-refractivity contribution in [1.29, 1.82) is 0 Å². The molecule has 0 N–H and O–H groups in total. The van der Waals surface area contributed by atoms with Crippen molar-refractivity contribution < 1.29 is 13.6 Å². The minimum absolute atomic E-state index is 0.0700. The quantitative estimate of drug-likeness (QED) is 0.232. The molecule has 3 aromatic rings. The lowest BCUT2D eigenvalue weighted by Gasteiger charge is -2.44. The number of carbonyl (C=O) groups excluding carboxylic acids is 1. The number of piperidine rings is 1. The van der Waals surface area contributed by atoms with E-state index in [9.17, 15) is 13.6 Å². The Morgan fingerprint density at radius 2 is 1.52 bits per heavy atom. The van der Waals surface area contributed by atoms with Gasteiger partial charge in [-0.25, -0.2) is 8.78 Å². The first-order valence-corrected chi connectivity index (χ1v) is 14.8. The molecular formula is C34H43F2N3O. The highest BCUT2D eigenvalue weighted by Crippen LogP contribution is 2.35. The van der Waals surface area contributed by atoms with Crippen molar-refractivity contribution in [1.82, 2.24) is 9.80 Å². The van der Waals surface area contributed by atoms with E-state index in [-0.39, 0.29) is 23.6 Å². The van der Waals surface area contributed by atoms with E-state index in [0.717, 1.165) is 81.8 Å². The third kappa shape index (κ3) is 7.48. The van der Waals surface area contributed by atoms with Crippen molar-refractivity contribution in [3.63, 3.8) is 0 Å². The molecule has 0 aromatic heterocycles. The summed E-state index contributed by atoms with van der Waals surface area (Å²) >= 11 is 0. The van der Waals surface area contributed by atoms with Gasteiger partial charge >= 0.3 is 0 Å². The van der Waals surface area contributed by atoms with Gasteiger partial charge in [-0.1, -0.05) is 39.0 Å². The van der Waals surface area contributed by atoms with Gasteiger partial charge in [-0.05, 0) is 105 Å². The Bertz CT molecular complexity index is 1210. The number of anilines is 2. The van der Waals surface area contributed by atoms with Crippen molar-refractivity contribution in [2.24, 2.45) is 5.92 Å². The molecule has 214 valence electrons. The van der Waals surface area contributed by atoms with E-state index in [2.05, 4.69) is 30.6 Å². The van der Waals surface area contributed by atoms with Crippen LogP contribution < -0.4 is 4.90 Å². The number of aryl methyl sites for hydroxylation is 1. The van der Waals surface area contributed by atoms with E-state index >= 15 is 0 Å². The topological polar surface area (TPSA) is 26.8 Å². The zero-order chi connectivity index (χ0) is 28.5. The van der Waals surface area contributed by atoms with Gasteiger partial charge in [-0.2, -0.15) is 0 Å². The zero-order valence-corrected chi connectivity index (χ0v) is 24.2. The summed E-state index contributed by atoms with van der Waals surface area (Å²) in [6.07, 6.45) is 4.48. The van der Waals surface area contributed by atoms with Crippen LogP contribution in [0.4, 0.5) is 20.2 Å². The van der Waals surface area contributed by atoms with Gasteiger partial charge in [-0.15, -0.1) is 0 Å². The molecular weight excluding hydrogens is 504 g/mol. The van der Waals surface area contributed by atoms with Crippen LogP contribution in [0, 0.1) is 17.6 Å². The molecule has 0 aliphatic carbocycles. The van der Waals surface area contributed by atoms with E-state index < -0.39 is 0 Å². The van der Waals surface area contributed by atoms with Crippen LogP contribution in [0.25, 0.3) is 0 Å². The van der Waals surface area contributed by atoms with Crippen molar-refractivity contribution in [2.75, 3.05) is 37.6 Å². The SMILES string of the molecule is CCCN(CCC)C(=O)c1ccc(N(c2ccc(F)cc2)C2CCN(CCCc3ccccc3F)CC2C)cc1. The maximum atomic E-state index is 14.0. The molecule has 40 heavy (non-hydrogen) atoms. The average molecular weight is 548 g/mol. The number of halogens is 2. The number of carbonyl (C=O) groups is 1. The van der Waals surface area contributed by atoms with Crippen molar-refractivity contribution in [2.45, 2.75) is 58.9 Å². The highest BCUT2D eigenvalue weighted by Gasteiger charge is 2.32. The number of amides is 1. The summed E-state index contributed by atoms with van der Waals surface area (Å²) in [7, 11) is 0. The van der Waals surface area contributed by atoms with Gasteiger partial charge in [0.05, 0.1) is 0 Å². The minimum atomic E-state index is -0.255. The van der Waals surface area contributed by atoms with Gasteiger partial charge in [-0.3, -0.25) is 4.79 Å². The Morgan fingerprint density at radius 3 is 2.12 bits per heavy atom. The summed E-state index contributed by atoms with van der Waals surface area (Å²) in [4.78, 5) is 19.9. The van der Waals surface area contributed by atoms with Crippen LogP contribution in [0.15, 0.2) is 72.8 Å². The molecule has 1 amide bonds. The average Bonchev–Trinajstić information content (AvgIpc) is 2.96. The smallest absolute Gasteiger partial charge is 0.253 e. The molecule has 1 saturated heterocycles. The molecule has 0 spiro atoms. The molecule has 0 saturated carbocycles. The summed E-state index contributed by atoms with van der Waals surface area (Å²) in [5.41, 5.74) is 3.43. The van der Waals surface area contributed by atoms with Gasteiger partial charge in [0.25, 0.3) is 5.91 Å². The second-order valence-corrected chi connectivity index (χ2v) is 11.0. The highest BCUT2D eigenvalue weighted by molar-refractivity contribution is 5.94. The number of benzene rings is 3.